The fourth-order valence-corrected chi connectivity index (χ4v) is 3.62. The molecular formula is C26H20N6. The fourth-order valence-electron chi connectivity index (χ4n) is 3.62. The Labute approximate surface area is 186 Å². The molecule has 154 valence electrons. The van der Waals surface area contributed by atoms with Crippen LogP contribution in [-0.4, -0.2) is 19.9 Å². The molecule has 0 radical (unpaired) electrons. The van der Waals surface area contributed by atoms with Crippen molar-refractivity contribution < 1.29 is 0 Å². The zero-order chi connectivity index (χ0) is 21.6. The smallest absolute Gasteiger partial charge is 0.0492 e. The van der Waals surface area contributed by atoms with Crippen LogP contribution in [0.1, 0.15) is 0 Å². The van der Waals surface area contributed by atoms with Crippen molar-refractivity contribution in [2.45, 2.75) is 0 Å². The molecule has 0 N–H and O–H groups in total. The van der Waals surface area contributed by atoms with Crippen LogP contribution in [0.15, 0.2) is 122 Å². The molecule has 0 spiro atoms. The van der Waals surface area contributed by atoms with Gasteiger partial charge in [-0.25, -0.2) is 0 Å². The topological polar surface area (TPSA) is 58.0 Å². The SMILES string of the molecule is c1cc(N(c2ccncc2)c2ccc(N(c3ccncc3)c3ccncc3)cc2)ccn1. The number of pyridine rings is 4. The number of hydrogen-bond acceptors (Lipinski definition) is 6. The van der Waals surface area contributed by atoms with Crippen LogP contribution in [0.5, 0.6) is 0 Å². The highest BCUT2D eigenvalue weighted by Gasteiger charge is 2.15. The van der Waals surface area contributed by atoms with Gasteiger partial charge in [-0.2, -0.15) is 0 Å². The molecule has 6 nitrogen and oxygen atoms in total. The van der Waals surface area contributed by atoms with Gasteiger partial charge < -0.3 is 9.80 Å². The minimum Gasteiger partial charge on any atom is -0.310 e. The molecule has 6 heteroatoms. The van der Waals surface area contributed by atoms with Gasteiger partial charge in [-0.1, -0.05) is 0 Å². The average molecular weight is 416 g/mol. The summed E-state index contributed by atoms with van der Waals surface area (Å²) in [4.78, 5) is 21.0. The van der Waals surface area contributed by atoms with Crippen LogP contribution in [0.25, 0.3) is 0 Å². The second-order valence-electron chi connectivity index (χ2n) is 7.01. The van der Waals surface area contributed by atoms with Gasteiger partial charge in [0.15, 0.2) is 0 Å². The van der Waals surface area contributed by atoms with Crippen molar-refractivity contribution in [3.05, 3.63) is 122 Å². The molecule has 0 saturated carbocycles. The van der Waals surface area contributed by atoms with Crippen molar-refractivity contribution in [2.75, 3.05) is 9.80 Å². The number of benzene rings is 1. The Balaban J connectivity index is 1.57. The summed E-state index contributed by atoms with van der Waals surface area (Å²) in [5, 5.41) is 0. The summed E-state index contributed by atoms with van der Waals surface area (Å²) in [6.07, 6.45) is 14.4. The van der Waals surface area contributed by atoms with Gasteiger partial charge in [-0.3, -0.25) is 19.9 Å². The van der Waals surface area contributed by atoms with Crippen molar-refractivity contribution in [3.8, 4) is 0 Å². The molecule has 0 aliphatic heterocycles. The summed E-state index contributed by atoms with van der Waals surface area (Å²) in [7, 11) is 0. The number of nitrogens with zero attached hydrogens (tertiary/aromatic N) is 6. The maximum absolute atomic E-state index is 4.16. The van der Waals surface area contributed by atoms with Crippen LogP contribution in [0.2, 0.25) is 0 Å². The van der Waals surface area contributed by atoms with E-state index in [-0.39, 0.29) is 0 Å². The first-order valence-corrected chi connectivity index (χ1v) is 10.2. The molecule has 0 bridgehead atoms. The van der Waals surface area contributed by atoms with E-state index in [1.54, 1.807) is 49.6 Å². The van der Waals surface area contributed by atoms with E-state index in [0.717, 1.165) is 34.1 Å². The first-order valence-electron chi connectivity index (χ1n) is 10.2. The molecule has 5 rings (SSSR count). The van der Waals surface area contributed by atoms with Crippen molar-refractivity contribution >= 4 is 34.1 Å². The van der Waals surface area contributed by atoms with Crippen LogP contribution in [-0.2, 0) is 0 Å². The summed E-state index contributed by atoms with van der Waals surface area (Å²) in [6.45, 7) is 0. The maximum atomic E-state index is 4.16. The maximum Gasteiger partial charge on any atom is 0.0492 e. The molecule has 4 aromatic heterocycles. The van der Waals surface area contributed by atoms with Crippen molar-refractivity contribution in [3.63, 3.8) is 0 Å². The van der Waals surface area contributed by atoms with Gasteiger partial charge >= 0.3 is 0 Å². The zero-order valence-electron chi connectivity index (χ0n) is 17.2. The minimum atomic E-state index is 1.03. The second-order valence-corrected chi connectivity index (χ2v) is 7.01. The summed E-state index contributed by atoms with van der Waals surface area (Å²) < 4.78 is 0. The van der Waals surface area contributed by atoms with Gasteiger partial charge in [0.05, 0.1) is 0 Å². The van der Waals surface area contributed by atoms with E-state index in [2.05, 4.69) is 54.0 Å². The monoisotopic (exact) mass is 416 g/mol. The largest absolute Gasteiger partial charge is 0.310 e. The van der Waals surface area contributed by atoms with Crippen molar-refractivity contribution in [2.24, 2.45) is 0 Å². The molecule has 0 aliphatic rings. The molecule has 0 atom stereocenters. The Morgan fingerprint density at radius 2 is 0.469 bits per heavy atom. The molecular weight excluding hydrogens is 396 g/mol. The molecule has 0 amide bonds. The molecule has 0 saturated heterocycles. The summed E-state index contributed by atoms with van der Waals surface area (Å²) in [6, 6.07) is 24.4. The normalized spacial score (nSPS) is 10.5. The Morgan fingerprint density at radius 3 is 0.688 bits per heavy atom. The van der Waals surface area contributed by atoms with Gasteiger partial charge in [0.1, 0.15) is 0 Å². The predicted molar refractivity (Wildman–Crippen MR) is 127 cm³/mol. The first-order chi connectivity index (χ1) is 15.9. The van der Waals surface area contributed by atoms with E-state index in [1.807, 2.05) is 48.5 Å². The van der Waals surface area contributed by atoms with Crippen molar-refractivity contribution in [1.29, 1.82) is 0 Å². The summed E-state index contributed by atoms with van der Waals surface area (Å²) in [5.41, 5.74) is 6.18. The van der Waals surface area contributed by atoms with Crippen LogP contribution in [0.3, 0.4) is 0 Å². The third-order valence-electron chi connectivity index (χ3n) is 5.05. The quantitative estimate of drug-likeness (QED) is 0.328. The predicted octanol–water partition coefficient (Wildman–Crippen LogP) is 6.21. The number of anilines is 6. The molecule has 4 heterocycles. The average Bonchev–Trinajstić information content (AvgIpc) is 2.88. The lowest BCUT2D eigenvalue weighted by Gasteiger charge is -2.28. The Kier molecular flexibility index (Phi) is 5.49. The van der Waals surface area contributed by atoms with Crippen molar-refractivity contribution in [1.82, 2.24) is 19.9 Å². The van der Waals surface area contributed by atoms with Gasteiger partial charge in [0.2, 0.25) is 0 Å². The van der Waals surface area contributed by atoms with E-state index in [0.29, 0.717) is 0 Å². The van der Waals surface area contributed by atoms with Crippen LogP contribution in [0.4, 0.5) is 34.1 Å². The lowest BCUT2D eigenvalue weighted by molar-refractivity contribution is 1.21. The van der Waals surface area contributed by atoms with Gasteiger partial charge in [-0.05, 0) is 72.8 Å². The highest BCUT2D eigenvalue weighted by molar-refractivity contribution is 5.80. The molecule has 5 aromatic rings. The van der Waals surface area contributed by atoms with Gasteiger partial charge in [-0.15, -0.1) is 0 Å². The number of hydrogen-bond donors (Lipinski definition) is 0. The minimum absolute atomic E-state index is 1.03. The lowest BCUT2D eigenvalue weighted by Crippen LogP contribution is -2.12. The molecule has 0 unspecified atom stereocenters. The summed E-state index contributed by atoms with van der Waals surface area (Å²) >= 11 is 0. The zero-order valence-corrected chi connectivity index (χ0v) is 17.2. The number of aromatic nitrogens is 4. The highest BCUT2D eigenvalue weighted by Crippen LogP contribution is 2.38. The Hall–Kier alpha value is -4.58. The van der Waals surface area contributed by atoms with Gasteiger partial charge in [0.25, 0.3) is 0 Å². The van der Waals surface area contributed by atoms with Gasteiger partial charge in [0, 0.05) is 83.7 Å². The highest BCUT2D eigenvalue weighted by atomic mass is 15.2. The standard InChI is InChI=1S/C26H20N6/c1-2-22(32(25-9-17-29-18-10-25)26-11-19-30-20-12-26)4-3-21(1)31(23-5-13-27-14-6-23)24-7-15-28-16-8-24/h1-20H. The van der Waals surface area contributed by atoms with Crippen LogP contribution in [0, 0.1) is 0 Å². The fraction of sp³-hybridized carbons (Fsp3) is 0. The van der Waals surface area contributed by atoms with Crippen LogP contribution < -0.4 is 9.80 Å². The van der Waals surface area contributed by atoms with E-state index in [1.165, 1.54) is 0 Å². The Bertz CT molecular complexity index is 1070. The molecule has 0 fully saturated rings. The second kappa shape index (κ2) is 9.06. The summed E-state index contributed by atoms with van der Waals surface area (Å²) in [5.74, 6) is 0. The van der Waals surface area contributed by atoms with E-state index < -0.39 is 0 Å². The third-order valence-corrected chi connectivity index (χ3v) is 5.05. The van der Waals surface area contributed by atoms with E-state index in [4.69, 9.17) is 0 Å². The van der Waals surface area contributed by atoms with Crippen LogP contribution >= 0.6 is 0 Å². The lowest BCUT2D eigenvalue weighted by atomic mass is 10.1. The molecule has 0 aliphatic carbocycles. The molecule has 32 heavy (non-hydrogen) atoms. The first kappa shape index (κ1) is 19.4. The van der Waals surface area contributed by atoms with E-state index in [9.17, 15) is 0 Å². The molecule has 1 aromatic carbocycles. The van der Waals surface area contributed by atoms with E-state index >= 15 is 0 Å². The third kappa shape index (κ3) is 4.02. The number of rotatable bonds is 6. The Morgan fingerprint density at radius 1 is 0.281 bits per heavy atom.